The van der Waals surface area contributed by atoms with Gasteiger partial charge in [-0.25, -0.2) is 9.48 Å². The number of carbonyl (C=O) groups excluding carboxylic acids is 2. The highest BCUT2D eigenvalue weighted by Gasteiger charge is 2.24. The highest BCUT2D eigenvalue weighted by molar-refractivity contribution is 5.94. The molecule has 172 valence electrons. The summed E-state index contributed by atoms with van der Waals surface area (Å²) < 4.78 is 6.91. The zero-order valence-corrected chi connectivity index (χ0v) is 19.6. The molecule has 0 N–H and O–H groups in total. The van der Waals surface area contributed by atoms with Crippen molar-refractivity contribution in [2.45, 2.75) is 52.5 Å². The van der Waals surface area contributed by atoms with Gasteiger partial charge < -0.3 is 9.64 Å². The van der Waals surface area contributed by atoms with E-state index in [1.165, 1.54) is 12.0 Å². The summed E-state index contributed by atoms with van der Waals surface area (Å²) in [6.07, 6.45) is 4.24. The lowest BCUT2D eigenvalue weighted by molar-refractivity contribution is 0.0518. The lowest BCUT2D eigenvalue weighted by Crippen LogP contribution is -2.42. The van der Waals surface area contributed by atoms with E-state index >= 15 is 0 Å². The summed E-state index contributed by atoms with van der Waals surface area (Å²) in [5.74, 6) is -0.384. The molecule has 1 atom stereocenters. The van der Waals surface area contributed by atoms with Crippen molar-refractivity contribution in [3.63, 3.8) is 0 Å². The van der Waals surface area contributed by atoms with Gasteiger partial charge in [0.05, 0.1) is 18.0 Å². The Morgan fingerprint density at radius 1 is 1.03 bits per heavy atom. The smallest absolute Gasteiger partial charge is 0.358 e. The molecule has 6 nitrogen and oxygen atoms in total. The first-order chi connectivity index (χ1) is 16.0. The Bertz CT molecular complexity index is 1120. The monoisotopic (exact) mass is 445 g/mol. The number of piperidine rings is 1. The molecule has 2 aromatic carbocycles. The van der Waals surface area contributed by atoms with Gasteiger partial charge in [-0.3, -0.25) is 4.79 Å². The van der Waals surface area contributed by atoms with E-state index in [9.17, 15) is 9.59 Å². The summed E-state index contributed by atoms with van der Waals surface area (Å²) in [6.45, 7) is 7.10. The van der Waals surface area contributed by atoms with E-state index in [4.69, 9.17) is 4.74 Å². The van der Waals surface area contributed by atoms with Crippen molar-refractivity contribution in [1.29, 1.82) is 0 Å². The van der Waals surface area contributed by atoms with E-state index in [0.29, 0.717) is 5.56 Å². The fourth-order valence-corrected chi connectivity index (χ4v) is 4.31. The molecule has 1 aliphatic heterocycles. The molecular weight excluding hydrogens is 414 g/mol. The lowest BCUT2D eigenvalue weighted by atomic mass is 10.0. The molecule has 1 fully saturated rings. The number of hydrogen-bond acceptors (Lipinski definition) is 4. The van der Waals surface area contributed by atoms with Crippen LogP contribution in [0.25, 0.3) is 16.9 Å². The number of aryl methyl sites for hydroxylation is 1. The fourth-order valence-electron chi connectivity index (χ4n) is 4.31. The third-order valence-electron chi connectivity index (χ3n) is 6.27. The molecule has 1 amide bonds. The van der Waals surface area contributed by atoms with Gasteiger partial charge in [0.15, 0.2) is 5.69 Å². The van der Waals surface area contributed by atoms with E-state index in [1.807, 2.05) is 41.3 Å². The summed E-state index contributed by atoms with van der Waals surface area (Å²) >= 11 is 0. The van der Waals surface area contributed by atoms with Crippen molar-refractivity contribution in [3.05, 3.63) is 71.4 Å². The Morgan fingerprint density at radius 2 is 1.76 bits per heavy atom. The molecule has 0 bridgehead atoms. The van der Waals surface area contributed by atoms with Crippen LogP contribution >= 0.6 is 0 Å². The van der Waals surface area contributed by atoms with Crippen LogP contribution in [0, 0.1) is 0 Å². The standard InChI is InChI=1S/C27H31N3O3/c1-4-20-9-11-21(12-10-20)25-18-24(27(32)33-5-2)28-30(25)23-15-13-22(14-16-23)26(31)29-17-7-6-8-19(29)3/h9-16,18-19H,4-8,17H2,1-3H3/t19-/m1/s1. The molecule has 4 rings (SSSR count). The number of benzene rings is 2. The largest absolute Gasteiger partial charge is 0.461 e. The third-order valence-corrected chi connectivity index (χ3v) is 6.27. The van der Waals surface area contributed by atoms with Crippen LogP contribution in [0.5, 0.6) is 0 Å². The molecule has 1 saturated heterocycles. The Hall–Kier alpha value is -3.41. The fraction of sp³-hybridized carbons (Fsp3) is 0.370. The minimum atomic E-state index is -0.450. The van der Waals surface area contributed by atoms with Crippen LogP contribution in [0.2, 0.25) is 0 Å². The average molecular weight is 446 g/mol. The van der Waals surface area contributed by atoms with Crippen molar-refractivity contribution >= 4 is 11.9 Å². The molecule has 6 heteroatoms. The first-order valence-corrected chi connectivity index (χ1v) is 11.8. The van der Waals surface area contributed by atoms with Gasteiger partial charge in [-0.1, -0.05) is 31.2 Å². The van der Waals surface area contributed by atoms with E-state index in [2.05, 4.69) is 31.1 Å². The number of esters is 1. The summed E-state index contributed by atoms with van der Waals surface area (Å²) in [7, 11) is 0. The normalized spacial score (nSPS) is 16.0. The molecule has 2 heterocycles. The number of amides is 1. The van der Waals surface area contributed by atoms with Gasteiger partial charge in [-0.05, 0) is 75.4 Å². The van der Waals surface area contributed by atoms with Gasteiger partial charge in [0.2, 0.25) is 0 Å². The predicted molar refractivity (Wildman–Crippen MR) is 129 cm³/mol. The van der Waals surface area contributed by atoms with Crippen molar-refractivity contribution in [1.82, 2.24) is 14.7 Å². The molecule has 0 unspecified atom stereocenters. The van der Waals surface area contributed by atoms with Gasteiger partial charge in [-0.2, -0.15) is 5.10 Å². The van der Waals surface area contributed by atoms with Crippen LogP contribution in [0.3, 0.4) is 0 Å². The highest BCUT2D eigenvalue weighted by atomic mass is 16.5. The maximum Gasteiger partial charge on any atom is 0.358 e. The zero-order chi connectivity index (χ0) is 23.4. The Morgan fingerprint density at radius 3 is 2.39 bits per heavy atom. The van der Waals surface area contributed by atoms with E-state index in [1.54, 1.807) is 17.7 Å². The van der Waals surface area contributed by atoms with Gasteiger partial charge in [0, 0.05) is 23.7 Å². The number of aromatic nitrogens is 2. The molecule has 0 spiro atoms. The van der Waals surface area contributed by atoms with Crippen molar-refractivity contribution in [2.24, 2.45) is 0 Å². The Labute approximate surface area is 195 Å². The second-order valence-electron chi connectivity index (χ2n) is 8.49. The highest BCUT2D eigenvalue weighted by Crippen LogP contribution is 2.26. The van der Waals surface area contributed by atoms with Gasteiger partial charge >= 0.3 is 5.97 Å². The molecule has 33 heavy (non-hydrogen) atoms. The molecule has 0 aliphatic carbocycles. The van der Waals surface area contributed by atoms with Crippen LogP contribution in [0.15, 0.2) is 54.6 Å². The van der Waals surface area contributed by atoms with Gasteiger partial charge in [0.1, 0.15) is 0 Å². The number of hydrogen-bond donors (Lipinski definition) is 0. The number of likely N-dealkylation sites (tertiary alicyclic amines) is 1. The minimum absolute atomic E-state index is 0.0665. The van der Waals surface area contributed by atoms with E-state index in [0.717, 1.165) is 42.8 Å². The van der Waals surface area contributed by atoms with Crippen LogP contribution in [-0.2, 0) is 11.2 Å². The molecule has 1 aromatic heterocycles. The Kier molecular flexibility index (Phi) is 6.92. The predicted octanol–water partition coefficient (Wildman–Crippen LogP) is 5.29. The van der Waals surface area contributed by atoms with Crippen LogP contribution in [-0.4, -0.2) is 45.8 Å². The van der Waals surface area contributed by atoms with E-state index in [-0.39, 0.29) is 24.2 Å². The molecule has 3 aromatic rings. The third kappa shape index (κ3) is 4.85. The SMILES string of the molecule is CCOC(=O)c1cc(-c2ccc(CC)cc2)n(-c2ccc(C(=O)N3CCCC[C@H]3C)cc2)n1. The molecular formula is C27H31N3O3. The minimum Gasteiger partial charge on any atom is -0.461 e. The van der Waals surface area contributed by atoms with Crippen LogP contribution in [0.4, 0.5) is 0 Å². The van der Waals surface area contributed by atoms with Crippen molar-refractivity contribution in [2.75, 3.05) is 13.2 Å². The zero-order valence-electron chi connectivity index (χ0n) is 19.6. The summed E-state index contributed by atoms with van der Waals surface area (Å²) in [5, 5.41) is 4.54. The molecule has 0 saturated carbocycles. The van der Waals surface area contributed by atoms with Gasteiger partial charge in [0.25, 0.3) is 5.91 Å². The second-order valence-corrected chi connectivity index (χ2v) is 8.49. The molecule has 0 radical (unpaired) electrons. The number of nitrogens with zero attached hydrogens (tertiary/aromatic N) is 3. The first kappa shape index (κ1) is 22.8. The van der Waals surface area contributed by atoms with Gasteiger partial charge in [-0.15, -0.1) is 0 Å². The maximum atomic E-state index is 13.0. The summed E-state index contributed by atoms with van der Waals surface area (Å²) in [4.78, 5) is 27.4. The summed E-state index contributed by atoms with van der Waals surface area (Å²) in [6, 6.07) is 17.7. The maximum absolute atomic E-state index is 13.0. The average Bonchev–Trinajstić information content (AvgIpc) is 3.30. The second kappa shape index (κ2) is 10.0. The van der Waals surface area contributed by atoms with E-state index < -0.39 is 5.97 Å². The van der Waals surface area contributed by atoms with Crippen molar-refractivity contribution in [3.8, 4) is 16.9 Å². The lowest BCUT2D eigenvalue weighted by Gasteiger charge is -2.33. The summed E-state index contributed by atoms with van der Waals surface area (Å²) in [5.41, 5.74) is 4.70. The number of rotatable bonds is 6. The number of carbonyl (C=O) groups is 2. The molecule has 1 aliphatic rings. The first-order valence-electron chi connectivity index (χ1n) is 11.8. The number of ether oxygens (including phenoxy) is 1. The van der Waals surface area contributed by atoms with Crippen LogP contribution < -0.4 is 0 Å². The van der Waals surface area contributed by atoms with Crippen LogP contribution in [0.1, 0.15) is 66.4 Å². The quantitative estimate of drug-likeness (QED) is 0.484. The topological polar surface area (TPSA) is 64.4 Å². The Balaban J connectivity index is 1.68. The van der Waals surface area contributed by atoms with Crippen molar-refractivity contribution < 1.29 is 14.3 Å².